The van der Waals surface area contributed by atoms with Crippen molar-refractivity contribution in [3.63, 3.8) is 0 Å². The predicted molar refractivity (Wildman–Crippen MR) is 106 cm³/mol. The quantitative estimate of drug-likeness (QED) is 0.605. The molecule has 0 spiro atoms. The van der Waals surface area contributed by atoms with E-state index < -0.39 is 0 Å². The molecule has 2 aliphatic rings. The van der Waals surface area contributed by atoms with Crippen molar-refractivity contribution in [2.75, 3.05) is 19.7 Å². The lowest BCUT2D eigenvalue weighted by molar-refractivity contribution is -0.154. The van der Waals surface area contributed by atoms with Crippen molar-refractivity contribution in [2.45, 2.75) is 57.4 Å². The number of piperidine rings is 1. The van der Waals surface area contributed by atoms with Gasteiger partial charge in [0.15, 0.2) is 6.61 Å². The molecule has 1 aliphatic carbocycles. The fourth-order valence-corrected chi connectivity index (χ4v) is 4.04. The summed E-state index contributed by atoms with van der Waals surface area (Å²) in [5.74, 6) is -1.48. The molecule has 0 aromatic heterocycles. The summed E-state index contributed by atoms with van der Waals surface area (Å²) >= 11 is 0. The van der Waals surface area contributed by atoms with Gasteiger partial charge in [0.1, 0.15) is 5.82 Å². The lowest BCUT2D eigenvalue weighted by Crippen LogP contribution is -2.41. The van der Waals surface area contributed by atoms with E-state index in [9.17, 15) is 18.8 Å². The Balaban J connectivity index is 1.38. The summed E-state index contributed by atoms with van der Waals surface area (Å²) in [5.41, 5.74) is 0.433. The van der Waals surface area contributed by atoms with Gasteiger partial charge in [-0.25, -0.2) is 4.39 Å². The standard InChI is InChI=1S/C22H29FN2O4/c23-18-9-7-16(8-10-18)21(27)25-13-11-17(12-14-25)22(28)29-15-20(26)24-19-5-3-1-2-4-6-19/h7-10,17,19H,1-6,11-15H2,(H,24,26). The van der Waals surface area contributed by atoms with Gasteiger partial charge in [0.2, 0.25) is 0 Å². The third-order valence-corrected chi connectivity index (χ3v) is 5.77. The minimum atomic E-state index is -0.383. The topological polar surface area (TPSA) is 75.7 Å². The second-order valence-corrected chi connectivity index (χ2v) is 7.94. The lowest BCUT2D eigenvalue weighted by atomic mass is 9.96. The van der Waals surface area contributed by atoms with E-state index in [0.29, 0.717) is 31.5 Å². The first-order valence-corrected chi connectivity index (χ1v) is 10.5. The zero-order valence-electron chi connectivity index (χ0n) is 16.7. The van der Waals surface area contributed by atoms with Crippen LogP contribution in [-0.4, -0.2) is 48.4 Å². The fraction of sp³-hybridized carbons (Fsp3) is 0.591. The minimum Gasteiger partial charge on any atom is -0.455 e. The molecule has 3 rings (SSSR count). The van der Waals surface area contributed by atoms with E-state index in [4.69, 9.17) is 4.74 Å². The molecule has 2 fully saturated rings. The molecule has 0 atom stereocenters. The van der Waals surface area contributed by atoms with Crippen LogP contribution >= 0.6 is 0 Å². The van der Waals surface area contributed by atoms with E-state index >= 15 is 0 Å². The molecule has 6 nitrogen and oxygen atoms in total. The van der Waals surface area contributed by atoms with Gasteiger partial charge in [-0.2, -0.15) is 0 Å². The number of rotatable bonds is 5. The summed E-state index contributed by atoms with van der Waals surface area (Å²) in [7, 11) is 0. The Morgan fingerprint density at radius 1 is 0.966 bits per heavy atom. The van der Waals surface area contributed by atoms with Gasteiger partial charge < -0.3 is 15.0 Å². The summed E-state index contributed by atoms with van der Waals surface area (Å²) in [6.07, 6.45) is 7.64. The molecule has 0 bridgehead atoms. The van der Waals surface area contributed by atoms with Crippen LogP contribution in [0.1, 0.15) is 61.7 Å². The Bertz CT molecular complexity index is 706. The van der Waals surface area contributed by atoms with Crippen molar-refractivity contribution in [2.24, 2.45) is 5.92 Å². The summed E-state index contributed by atoms with van der Waals surface area (Å²) in [4.78, 5) is 38.5. The fourth-order valence-electron chi connectivity index (χ4n) is 4.04. The summed E-state index contributed by atoms with van der Waals surface area (Å²) in [5, 5.41) is 2.97. The summed E-state index contributed by atoms with van der Waals surface area (Å²) in [6, 6.07) is 5.63. The number of nitrogens with zero attached hydrogens (tertiary/aromatic N) is 1. The molecule has 1 heterocycles. The number of hydrogen-bond acceptors (Lipinski definition) is 4. The second-order valence-electron chi connectivity index (χ2n) is 7.94. The van der Waals surface area contributed by atoms with Gasteiger partial charge in [-0.3, -0.25) is 14.4 Å². The van der Waals surface area contributed by atoms with E-state index in [0.717, 1.165) is 25.7 Å². The highest BCUT2D eigenvalue weighted by Crippen LogP contribution is 2.21. The molecule has 1 saturated heterocycles. The maximum atomic E-state index is 13.0. The first-order chi connectivity index (χ1) is 14.0. The van der Waals surface area contributed by atoms with Crippen molar-refractivity contribution in [1.29, 1.82) is 0 Å². The van der Waals surface area contributed by atoms with E-state index in [-0.39, 0.29) is 42.2 Å². The van der Waals surface area contributed by atoms with Crippen LogP contribution in [0, 0.1) is 11.7 Å². The molecule has 1 saturated carbocycles. The van der Waals surface area contributed by atoms with Gasteiger partial charge in [-0.05, 0) is 49.9 Å². The number of amides is 2. The molecule has 29 heavy (non-hydrogen) atoms. The first-order valence-electron chi connectivity index (χ1n) is 10.5. The monoisotopic (exact) mass is 404 g/mol. The van der Waals surface area contributed by atoms with Crippen molar-refractivity contribution < 1.29 is 23.5 Å². The number of likely N-dealkylation sites (tertiary alicyclic amines) is 1. The van der Waals surface area contributed by atoms with Crippen LogP contribution in [0.25, 0.3) is 0 Å². The Morgan fingerprint density at radius 3 is 2.21 bits per heavy atom. The molecule has 0 unspecified atom stereocenters. The third-order valence-electron chi connectivity index (χ3n) is 5.77. The summed E-state index contributed by atoms with van der Waals surface area (Å²) < 4.78 is 18.2. The zero-order valence-corrected chi connectivity index (χ0v) is 16.7. The van der Waals surface area contributed by atoms with Crippen molar-refractivity contribution >= 4 is 17.8 Å². The maximum absolute atomic E-state index is 13.0. The lowest BCUT2D eigenvalue weighted by Gasteiger charge is -2.31. The van der Waals surface area contributed by atoms with Crippen LogP contribution < -0.4 is 5.32 Å². The molecule has 1 aromatic carbocycles. The van der Waals surface area contributed by atoms with Crippen molar-refractivity contribution in [3.05, 3.63) is 35.6 Å². The van der Waals surface area contributed by atoms with Gasteiger partial charge in [0, 0.05) is 24.7 Å². The van der Waals surface area contributed by atoms with E-state index in [1.54, 1.807) is 4.90 Å². The number of halogens is 1. The van der Waals surface area contributed by atoms with Crippen LogP contribution in [0.15, 0.2) is 24.3 Å². The maximum Gasteiger partial charge on any atom is 0.309 e. The van der Waals surface area contributed by atoms with E-state index in [1.807, 2.05) is 0 Å². The number of nitrogens with one attached hydrogen (secondary N) is 1. The van der Waals surface area contributed by atoms with Crippen LogP contribution in [0.4, 0.5) is 4.39 Å². The van der Waals surface area contributed by atoms with Gasteiger partial charge >= 0.3 is 5.97 Å². The SMILES string of the molecule is O=C(COC(=O)C1CCN(C(=O)c2ccc(F)cc2)CC1)NC1CCCCCC1. The van der Waals surface area contributed by atoms with Crippen LogP contribution in [0.3, 0.4) is 0 Å². The Labute approximate surface area is 170 Å². The van der Waals surface area contributed by atoms with Gasteiger partial charge in [-0.15, -0.1) is 0 Å². The number of ether oxygens (including phenoxy) is 1. The highest BCUT2D eigenvalue weighted by Gasteiger charge is 2.29. The number of benzene rings is 1. The van der Waals surface area contributed by atoms with Crippen LogP contribution in [-0.2, 0) is 14.3 Å². The largest absolute Gasteiger partial charge is 0.455 e. The molecular formula is C22H29FN2O4. The highest BCUT2D eigenvalue weighted by molar-refractivity contribution is 5.94. The van der Waals surface area contributed by atoms with E-state index in [1.165, 1.54) is 37.1 Å². The molecule has 1 aliphatic heterocycles. The van der Waals surface area contributed by atoms with Gasteiger partial charge in [0.25, 0.3) is 11.8 Å². The smallest absolute Gasteiger partial charge is 0.309 e. The molecule has 7 heteroatoms. The molecule has 1 N–H and O–H groups in total. The molecule has 1 aromatic rings. The normalized spacial score (nSPS) is 18.7. The summed E-state index contributed by atoms with van der Waals surface area (Å²) in [6.45, 7) is 0.624. The number of carbonyl (C=O) groups excluding carboxylic acids is 3. The Kier molecular flexibility index (Phi) is 7.61. The number of esters is 1. The van der Waals surface area contributed by atoms with Gasteiger partial charge in [-0.1, -0.05) is 25.7 Å². The molecule has 0 radical (unpaired) electrons. The number of hydrogen-bond donors (Lipinski definition) is 1. The zero-order chi connectivity index (χ0) is 20.6. The van der Waals surface area contributed by atoms with Gasteiger partial charge in [0.05, 0.1) is 5.92 Å². The average Bonchev–Trinajstić information content (AvgIpc) is 3.01. The minimum absolute atomic E-state index is 0.167. The molecular weight excluding hydrogens is 375 g/mol. The van der Waals surface area contributed by atoms with Crippen LogP contribution in [0.5, 0.6) is 0 Å². The highest BCUT2D eigenvalue weighted by atomic mass is 19.1. The Morgan fingerprint density at radius 2 is 1.59 bits per heavy atom. The van der Waals surface area contributed by atoms with E-state index in [2.05, 4.69) is 5.32 Å². The average molecular weight is 404 g/mol. The van der Waals surface area contributed by atoms with Crippen molar-refractivity contribution in [3.8, 4) is 0 Å². The van der Waals surface area contributed by atoms with Crippen molar-refractivity contribution in [1.82, 2.24) is 10.2 Å². The predicted octanol–water partition coefficient (Wildman–Crippen LogP) is 3.06. The molecule has 158 valence electrons. The van der Waals surface area contributed by atoms with Crippen LogP contribution in [0.2, 0.25) is 0 Å². The Hall–Kier alpha value is -2.44. The number of carbonyl (C=O) groups is 3. The third kappa shape index (κ3) is 6.27. The molecule has 2 amide bonds. The second kappa shape index (κ2) is 10.4. The first kappa shape index (κ1) is 21.3.